The minimum absolute atomic E-state index is 0.0902. The zero-order valence-corrected chi connectivity index (χ0v) is 17.4. The molecule has 5 nitrogen and oxygen atoms in total. The molecule has 7 heteroatoms. The van der Waals surface area contributed by atoms with Crippen molar-refractivity contribution >= 4 is 27.3 Å². The second-order valence-electron chi connectivity index (χ2n) is 8.21. The Morgan fingerprint density at radius 1 is 1.14 bits per heavy atom. The van der Waals surface area contributed by atoms with Crippen LogP contribution in [0.5, 0.6) is 0 Å². The summed E-state index contributed by atoms with van der Waals surface area (Å²) in [5, 5.41) is 2.65. The number of amides is 1. The second-order valence-corrected chi connectivity index (χ2v) is 10.0. The van der Waals surface area contributed by atoms with Crippen LogP contribution in [0.1, 0.15) is 57.4 Å². The molecular formula is C22H25FN2O3S. The van der Waals surface area contributed by atoms with E-state index < -0.39 is 15.6 Å². The molecule has 1 heterocycles. The van der Waals surface area contributed by atoms with Crippen molar-refractivity contribution in [3.8, 4) is 0 Å². The summed E-state index contributed by atoms with van der Waals surface area (Å²) in [6.07, 6.45) is 4.26. The SMILES string of the molecule is CC(=O)Nc1ccc(S(=O)(=O)N2c3ccc(F)cc3C(C)CC23CCCC3)cc1. The first kappa shape index (κ1) is 19.9. The molecule has 0 bridgehead atoms. The first-order valence-electron chi connectivity index (χ1n) is 9.95. The molecule has 1 saturated carbocycles. The van der Waals surface area contributed by atoms with Gasteiger partial charge < -0.3 is 5.32 Å². The minimum Gasteiger partial charge on any atom is -0.326 e. The Hall–Kier alpha value is -2.41. The predicted molar refractivity (Wildman–Crippen MR) is 111 cm³/mol. The topological polar surface area (TPSA) is 66.5 Å². The average molecular weight is 417 g/mol. The summed E-state index contributed by atoms with van der Waals surface area (Å²) >= 11 is 0. The van der Waals surface area contributed by atoms with Gasteiger partial charge in [-0.25, -0.2) is 12.8 Å². The molecule has 0 radical (unpaired) electrons. The average Bonchev–Trinajstić information content (AvgIpc) is 3.10. The van der Waals surface area contributed by atoms with E-state index in [0.29, 0.717) is 17.8 Å². The van der Waals surface area contributed by atoms with Gasteiger partial charge in [0.15, 0.2) is 0 Å². The molecule has 1 aliphatic heterocycles. The van der Waals surface area contributed by atoms with Crippen LogP contribution in [0.15, 0.2) is 47.4 Å². The molecule has 4 rings (SSSR count). The Morgan fingerprint density at radius 3 is 2.41 bits per heavy atom. The van der Waals surface area contributed by atoms with E-state index in [1.165, 1.54) is 31.2 Å². The van der Waals surface area contributed by atoms with E-state index in [1.54, 1.807) is 22.5 Å². The van der Waals surface area contributed by atoms with E-state index in [-0.39, 0.29) is 22.5 Å². The fourth-order valence-electron chi connectivity index (χ4n) is 4.97. The van der Waals surface area contributed by atoms with Crippen molar-refractivity contribution in [2.24, 2.45) is 0 Å². The lowest BCUT2D eigenvalue weighted by molar-refractivity contribution is -0.114. The van der Waals surface area contributed by atoms with E-state index in [9.17, 15) is 17.6 Å². The van der Waals surface area contributed by atoms with Crippen LogP contribution in [-0.2, 0) is 14.8 Å². The first-order valence-corrected chi connectivity index (χ1v) is 11.4. The van der Waals surface area contributed by atoms with Gasteiger partial charge in [-0.2, -0.15) is 0 Å². The molecule has 1 spiro atoms. The number of rotatable bonds is 3. The van der Waals surface area contributed by atoms with Gasteiger partial charge in [-0.05, 0) is 73.2 Å². The van der Waals surface area contributed by atoms with Crippen LogP contribution in [0.2, 0.25) is 0 Å². The van der Waals surface area contributed by atoms with E-state index in [4.69, 9.17) is 0 Å². The van der Waals surface area contributed by atoms with E-state index in [2.05, 4.69) is 5.32 Å². The highest BCUT2D eigenvalue weighted by atomic mass is 32.2. The van der Waals surface area contributed by atoms with Gasteiger partial charge in [0.25, 0.3) is 10.0 Å². The molecule has 2 aliphatic rings. The minimum atomic E-state index is -3.85. The van der Waals surface area contributed by atoms with Crippen molar-refractivity contribution in [1.82, 2.24) is 0 Å². The Kier molecular flexibility index (Phi) is 4.89. The number of anilines is 2. The highest BCUT2D eigenvalue weighted by Gasteiger charge is 2.50. The van der Waals surface area contributed by atoms with Crippen LogP contribution in [0.4, 0.5) is 15.8 Å². The molecule has 1 aliphatic carbocycles. The lowest BCUT2D eigenvalue weighted by Gasteiger charge is -2.48. The molecule has 29 heavy (non-hydrogen) atoms. The summed E-state index contributed by atoms with van der Waals surface area (Å²) in [5.74, 6) is -0.478. The first-order chi connectivity index (χ1) is 13.7. The number of nitrogens with zero attached hydrogens (tertiary/aromatic N) is 1. The number of hydrogen-bond acceptors (Lipinski definition) is 3. The van der Waals surface area contributed by atoms with Crippen LogP contribution in [-0.4, -0.2) is 19.9 Å². The van der Waals surface area contributed by atoms with E-state index >= 15 is 0 Å². The molecule has 1 fully saturated rings. The van der Waals surface area contributed by atoms with Gasteiger partial charge in [0.2, 0.25) is 5.91 Å². The van der Waals surface area contributed by atoms with Crippen molar-refractivity contribution in [2.75, 3.05) is 9.62 Å². The van der Waals surface area contributed by atoms with Gasteiger partial charge in [0.05, 0.1) is 16.1 Å². The van der Waals surface area contributed by atoms with Crippen molar-refractivity contribution in [3.63, 3.8) is 0 Å². The molecule has 2 aromatic rings. The standard InChI is InChI=1S/C22H25FN2O3S/c1-15-14-22(11-3-4-12-22)25(21-10-5-17(23)13-20(15)21)29(27,28)19-8-6-18(7-9-19)24-16(2)26/h5-10,13,15H,3-4,11-12,14H2,1-2H3,(H,24,26). The van der Waals surface area contributed by atoms with Crippen LogP contribution in [0, 0.1) is 5.82 Å². The summed E-state index contributed by atoms with van der Waals surface area (Å²) in [7, 11) is -3.85. The zero-order valence-electron chi connectivity index (χ0n) is 16.6. The maximum absolute atomic E-state index is 13.9. The maximum Gasteiger partial charge on any atom is 0.264 e. The number of nitrogens with one attached hydrogen (secondary N) is 1. The number of halogens is 1. The third kappa shape index (κ3) is 3.41. The second kappa shape index (κ2) is 7.13. The molecule has 0 saturated heterocycles. The Balaban J connectivity index is 1.83. The van der Waals surface area contributed by atoms with Crippen molar-refractivity contribution in [2.45, 2.75) is 62.3 Å². The fourth-order valence-corrected chi connectivity index (χ4v) is 6.85. The summed E-state index contributed by atoms with van der Waals surface area (Å²) in [4.78, 5) is 11.4. The van der Waals surface area contributed by atoms with Crippen LogP contribution >= 0.6 is 0 Å². The molecule has 1 unspecified atom stereocenters. The van der Waals surface area contributed by atoms with Gasteiger partial charge in [0.1, 0.15) is 5.82 Å². The van der Waals surface area contributed by atoms with E-state index in [1.807, 2.05) is 6.92 Å². The monoisotopic (exact) mass is 416 g/mol. The third-order valence-corrected chi connectivity index (χ3v) is 8.04. The Labute approximate surface area is 171 Å². The Morgan fingerprint density at radius 2 is 1.79 bits per heavy atom. The predicted octanol–water partition coefficient (Wildman–Crippen LogP) is 4.80. The molecule has 154 valence electrons. The fraction of sp³-hybridized carbons (Fsp3) is 0.409. The van der Waals surface area contributed by atoms with Gasteiger partial charge in [-0.3, -0.25) is 9.10 Å². The number of hydrogen-bond donors (Lipinski definition) is 1. The third-order valence-electron chi connectivity index (χ3n) is 6.10. The molecular weight excluding hydrogens is 391 g/mol. The number of sulfonamides is 1. The number of benzene rings is 2. The summed E-state index contributed by atoms with van der Waals surface area (Å²) < 4.78 is 43.1. The number of carbonyl (C=O) groups excluding carboxylic acids is 1. The lowest BCUT2D eigenvalue weighted by atomic mass is 9.78. The molecule has 0 aromatic heterocycles. The van der Waals surface area contributed by atoms with Gasteiger partial charge >= 0.3 is 0 Å². The van der Waals surface area contributed by atoms with Crippen LogP contribution in [0.3, 0.4) is 0 Å². The Bertz CT molecular complexity index is 1040. The van der Waals surface area contributed by atoms with Gasteiger partial charge in [0, 0.05) is 12.6 Å². The maximum atomic E-state index is 13.9. The number of fused-ring (bicyclic) bond motifs is 1. The smallest absolute Gasteiger partial charge is 0.264 e. The van der Waals surface area contributed by atoms with Crippen LogP contribution < -0.4 is 9.62 Å². The number of carbonyl (C=O) groups is 1. The highest BCUT2D eigenvalue weighted by molar-refractivity contribution is 7.93. The van der Waals surface area contributed by atoms with Crippen molar-refractivity contribution in [1.29, 1.82) is 0 Å². The molecule has 1 N–H and O–H groups in total. The molecule has 1 atom stereocenters. The van der Waals surface area contributed by atoms with Crippen molar-refractivity contribution in [3.05, 3.63) is 53.8 Å². The van der Waals surface area contributed by atoms with E-state index in [0.717, 1.165) is 31.2 Å². The van der Waals surface area contributed by atoms with Gasteiger partial charge in [-0.1, -0.05) is 19.8 Å². The highest BCUT2D eigenvalue weighted by Crippen LogP contribution is 2.52. The largest absolute Gasteiger partial charge is 0.326 e. The molecule has 2 aromatic carbocycles. The molecule has 1 amide bonds. The summed E-state index contributed by atoms with van der Waals surface area (Å²) in [6.45, 7) is 3.45. The van der Waals surface area contributed by atoms with Gasteiger partial charge in [-0.15, -0.1) is 0 Å². The summed E-state index contributed by atoms with van der Waals surface area (Å²) in [5.41, 5.74) is 1.39. The van der Waals surface area contributed by atoms with Crippen molar-refractivity contribution < 1.29 is 17.6 Å². The van der Waals surface area contributed by atoms with Crippen LogP contribution in [0.25, 0.3) is 0 Å². The lowest BCUT2D eigenvalue weighted by Crippen LogP contribution is -2.53. The summed E-state index contributed by atoms with van der Waals surface area (Å²) in [6, 6.07) is 10.6. The normalized spacial score (nSPS) is 20.5. The quantitative estimate of drug-likeness (QED) is 0.782. The zero-order chi connectivity index (χ0) is 20.8.